The van der Waals surface area contributed by atoms with Crippen LogP contribution in [0, 0.1) is 0 Å². The standard InChI is InChI=1S/C18H16N2OS2/c1-22-18(23-2)15-16(13-9-5-3-6-10-13)19-20(17(15)21)14-11-7-4-8-12-14/h3-12H,1-2H3. The molecule has 3 nitrogen and oxygen atoms in total. The van der Waals surface area contributed by atoms with Crippen molar-refractivity contribution >= 4 is 40.8 Å². The fourth-order valence-corrected chi connectivity index (χ4v) is 3.86. The number of hydrogen-bond donors (Lipinski definition) is 0. The summed E-state index contributed by atoms with van der Waals surface area (Å²) in [4.78, 5) is 13.0. The quantitative estimate of drug-likeness (QED) is 0.775. The Bertz CT molecular complexity index is 764. The summed E-state index contributed by atoms with van der Waals surface area (Å²) in [5.74, 6) is -0.0752. The Labute approximate surface area is 144 Å². The molecule has 2 aromatic carbocycles. The van der Waals surface area contributed by atoms with Crippen LogP contribution in [0.1, 0.15) is 5.56 Å². The Morgan fingerprint density at radius 3 is 2.04 bits per heavy atom. The predicted octanol–water partition coefficient (Wildman–Crippen LogP) is 4.38. The average molecular weight is 340 g/mol. The number of nitrogens with zero attached hydrogens (tertiary/aromatic N) is 2. The number of para-hydroxylation sites is 1. The van der Waals surface area contributed by atoms with Gasteiger partial charge < -0.3 is 0 Å². The lowest BCUT2D eigenvalue weighted by Crippen LogP contribution is -2.21. The third kappa shape index (κ3) is 3.07. The molecule has 0 unspecified atom stereocenters. The SMILES string of the molecule is CSC(SC)=C1C(=O)N(c2ccccc2)N=C1c1ccccc1. The molecule has 0 radical (unpaired) electrons. The van der Waals surface area contributed by atoms with Crippen LogP contribution in [-0.4, -0.2) is 24.1 Å². The third-order valence-corrected chi connectivity index (χ3v) is 5.62. The lowest BCUT2D eigenvalue weighted by Gasteiger charge is -2.11. The van der Waals surface area contributed by atoms with Crippen LogP contribution in [0.5, 0.6) is 0 Å². The second-order valence-electron chi connectivity index (χ2n) is 4.84. The molecule has 5 heteroatoms. The smallest absolute Gasteiger partial charge is 0.267 e. The van der Waals surface area contributed by atoms with Gasteiger partial charge in [-0.3, -0.25) is 4.79 Å². The van der Waals surface area contributed by atoms with Crippen molar-refractivity contribution in [1.29, 1.82) is 0 Å². The van der Waals surface area contributed by atoms with Crippen LogP contribution in [0.4, 0.5) is 5.69 Å². The molecular weight excluding hydrogens is 324 g/mol. The highest BCUT2D eigenvalue weighted by molar-refractivity contribution is 8.21. The molecule has 0 fully saturated rings. The molecule has 0 saturated carbocycles. The van der Waals surface area contributed by atoms with Crippen molar-refractivity contribution in [3.63, 3.8) is 0 Å². The molecule has 1 aliphatic heterocycles. The molecule has 1 amide bonds. The summed E-state index contributed by atoms with van der Waals surface area (Å²) >= 11 is 3.16. The van der Waals surface area contributed by atoms with E-state index in [1.54, 1.807) is 23.5 Å². The van der Waals surface area contributed by atoms with Gasteiger partial charge in [0.05, 0.1) is 15.5 Å². The van der Waals surface area contributed by atoms with Gasteiger partial charge in [0.25, 0.3) is 5.91 Å². The molecule has 0 spiro atoms. The van der Waals surface area contributed by atoms with Gasteiger partial charge in [-0.2, -0.15) is 10.1 Å². The topological polar surface area (TPSA) is 32.7 Å². The van der Waals surface area contributed by atoms with E-state index in [0.717, 1.165) is 21.2 Å². The number of benzene rings is 2. The Balaban J connectivity index is 2.15. The van der Waals surface area contributed by atoms with E-state index in [2.05, 4.69) is 5.10 Å². The average Bonchev–Trinajstić information content (AvgIpc) is 2.95. The zero-order valence-corrected chi connectivity index (χ0v) is 14.5. The molecule has 2 aromatic rings. The van der Waals surface area contributed by atoms with Gasteiger partial charge in [-0.15, -0.1) is 23.5 Å². The van der Waals surface area contributed by atoms with Crippen molar-refractivity contribution in [3.05, 3.63) is 76.0 Å². The first kappa shape index (κ1) is 15.9. The van der Waals surface area contributed by atoms with Crippen LogP contribution in [0.15, 0.2) is 75.6 Å². The minimum absolute atomic E-state index is 0.0752. The number of anilines is 1. The maximum absolute atomic E-state index is 13.0. The lowest BCUT2D eigenvalue weighted by molar-refractivity contribution is -0.114. The van der Waals surface area contributed by atoms with E-state index in [4.69, 9.17) is 0 Å². The molecule has 1 heterocycles. The number of carbonyl (C=O) groups excluding carboxylic acids is 1. The molecule has 0 aliphatic carbocycles. The second-order valence-corrected chi connectivity index (χ2v) is 6.73. The van der Waals surface area contributed by atoms with Gasteiger partial charge in [0.2, 0.25) is 0 Å². The van der Waals surface area contributed by atoms with Crippen molar-refractivity contribution in [1.82, 2.24) is 0 Å². The molecule has 0 aromatic heterocycles. The highest BCUT2D eigenvalue weighted by atomic mass is 32.2. The maximum atomic E-state index is 13.0. The van der Waals surface area contributed by atoms with Gasteiger partial charge in [-0.25, -0.2) is 0 Å². The zero-order chi connectivity index (χ0) is 16.2. The molecule has 0 N–H and O–H groups in total. The summed E-state index contributed by atoms with van der Waals surface area (Å²) in [6.07, 6.45) is 3.97. The number of carbonyl (C=O) groups is 1. The van der Waals surface area contributed by atoms with Crippen LogP contribution >= 0.6 is 23.5 Å². The fourth-order valence-electron chi connectivity index (χ4n) is 2.42. The van der Waals surface area contributed by atoms with Crippen LogP contribution < -0.4 is 5.01 Å². The first-order valence-electron chi connectivity index (χ1n) is 7.12. The summed E-state index contributed by atoms with van der Waals surface area (Å²) < 4.78 is 0.982. The van der Waals surface area contributed by atoms with E-state index in [9.17, 15) is 4.79 Å². The van der Waals surface area contributed by atoms with Crippen molar-refractivity contribution in [2.45, 2.75) is 0 Å². The normalized spacial score (nSPS) is 14.2. The highest BCUT2D eigenvalue weighted by Gasteiger charge is 2.34. The number of hydrogen-bond acceptors (Lipinski definition) is 4. The summed E-state index contributed by atoms with van der Waals surface area (Å²) in [7, 11) is 0. The molecule has 1 aliphatic rings. The van der Waals surface area contributed by atoms with Crippen molar-refractivity contribution in [2.75, 3.05) is 17.5 Å². The molecular formula is C18H16N2OS2. The summed E-state index contributed by atoms with van der Waals surface area (Å²) in [6, 6.07) is 19.4. The second kappa shape index (κ2) is 7.06. The molecule has 3 rings (SSSR count). The third-order valence-electron chi connectivity index (χ3n) is 3.47. The monoisotopic (exact) mass is 340 g/mol. The van der Waals surface area contributed by atoms with Crippen molar-refractivity contribution in [3.8, 4) is 0 Å². The van der Waals surface area contributed by atoms with E-state index in [1.807, 2.05) is 73.2 Å². The first-order chi connectivity index (χ1) is 11.3. The fraction of sp³-hybridized carbons (Fsp3) is 0.111. The number of thioether (sulfide) groups is 2. The number of rotatable bonds is 4. The molecule has 116 valence electrons. The van der Waals surface area contributed by atoms with Crippen molar-refractivity contribution < 1.29 is 4.79 Å². The summed E-state index contributed by atoms with van der Waals surface area (Å²) in [6.45, 7) is 0. The Morgan fingerprint density at radius 1 is 0.913 bits per heavy atom. The van der Waals surface area contributed by atoms with Crippen LogP contribution in [-0.2, 0) is 4.79 Å². The van der Waals surface area contributed by atoms with E-state index in [1.165, 1.54) is 5.01 Å². The van der Waals surface area contributed by atoms with Crippen LogP contribution in [0.25, 0.3) is 0 Å². The lowest BCUT2D eigenvalue weighted by atomic mass is 10.0. The largest absolute Gasteiger partial charge is 0.282 e. The van der Waals surface area contributed by atoms with Crippen molar-refractivity contribution in [2.24, 2.45) is 5.10 Å². The predicted molar refractivity (Wildman–Crippen MR) is 101 cm³/mol. The van der Waals surface area contributed by atoms with Gasteiger partial charge in [0.1, 0.15) is 5.71 Å². The number of hydrazone groups is 1. The minimum atomic E-state index is -0.0752. The van der Waals surface area contributed by atoms with Crippen LogP contribution in [0.2, 0.25) is 0 Å². The van der Waals surface area contributed by atoms with E-state index >= 15 is 0 Å². The Kier molecular flexibility index (Phi) is 4.88. The molecule has 0 saturated heterocycles. The number of amides is 1. The Hall–Kier alpha value is -1.98. The Morgan fingerprint density at radius 2 is 1.48 bits per heavy atom. The highest BCUT2D eigenvalue weighted by Crippen LogP contribution is 2.35. The van der Waals surface area contributed by atoms with Crippen LogP contribution in [0.3, 0.4) is 0 Å². The molecule has 23 heavy (non-hydrogen) atoms. The maximum Gasteiger partial charge on any atom is 0.282 e. The van der Waals surface area contributed by atoms with Gasteiger partial charge in [0.15, 0.2) is 0 Å². The molecule has 0 atom stereocenters. The van der Waals surface area contributed by atoms with Gasteiger partial charge in [-0.05, 0) is 24.6 Å². The zero-order valence-electron chi connectivity index (χ0n) is 12.9. The minimum Gasteiger partial charge on any atom is -0.267 e. The molecule has 0 bridgehead atoms. The van der Waals surface area contributed by atoms with Gasteiger partial charge >= 0.3 is 0 Å². The van der Waals surface area contributed by atoms with E-state index < -0.39 is 0 Å². The van der Waals surface area contributed by atoms with E-state index in [-0.39, 0.29) is 5.91 Å². The van der Waals surface area contributed by atoms with E-state index in [0.29, 0.717) is 5.57 Å². The first-order valence-corrected chi connectivity index (χ1v) is 9.57. The summed E-state index contributed by atoms with van der Waals surface area (Å²) in [5.41, 5.74) is 3.15. The van der Waals surface area contributed by atoms with Gasteiger partial charge in [0, 0.05) is 5.56 Å². The van der Waals surface area contributed by atoms with Gasteiger partial charge in [-0.1, -0.05) is 48.5 Å². The summed E-state index contributed by atoms with van der Waals surface area (Å²) in [5, 5.41) is 6.11.